The molecular weight excluding hydrogens is 196 g/mol. The van der Waals surface area contributed by atoms with Crippen LogP contribution in [0.2, 0.25) is 5.02 Å². The van der Waals surface area contributed by atoms with Gasteiger partial charge in [0.05, 0.1) is 11.2 Å². The molecule has 7 heteroatoms. The van der Waals surface area contributed by atoms with Crippen LogP contribution in [-0.4, -0.2) is 30.7 Å². The smallest absolute Gasteiger partial charge is 0.356 e. The molecule has 0 unspecified atom stereocenters. The van der Waals surface area contributed by atoms with E-state index >= 15 is 0 Å². The van der Waals surface area contributed by atoms with Crippen LogP contribution in [0.4, 0.5) is 0 Å². The molecule has 2 rings (SSSR count). The number of nitrogens with zero attached hydrogens (tertiary/aromatic N) is 4. The molecule has 0 amide bonds. The molecule has 0 saturated heterocycles. The van der Waals surface area contributed by atoms with E-state index in [4.69, 9.17) is 16.7 Å². The van der Waals surface area contributed by atoms with Gasteiger partial charge in [-0.25, -0.2) is 9.78 Å². The van der Waals surface area contributed by atoms with Crippen LogP contribution in [-0.2, 0) is 0 Å². The summed E-state index contributed by atoms with van der Waals surface area (Å²) < 4.78 is 1.07. The molecule has 0 aliphatic rings. The number of halogens is 1. The molecule has 2 aromatic heterocycles. The molecule has 0 aromatic carbocycles. The zero-order chi connectivity index (χ0) is 9.42. The first-order valence-electron chi connectivity index (χ1n) is 3.27. The topological polar surface area (TPSA) is 80.4 Å². The van der Waals surface area contributed by atoms with Crippen LogP contribution in [0.3, 0.4) is 0 Å². The number of fused-ring (bicyclic) bond motifs is 1. The van der Waals surface area contributed by atoms with Crippen LogP contribution >= 0.6 is 11.6 Å². The van der Waals surface area contributed by atoms with E-state index in [1.807, 2.05) is 0 Å². The summed E-state index contributed by atoms with van der Waals surface area (Å²) in [5, 5.41) is 12.5. The third kappa shape index (κ3) is 1.11. The fourth-order valence-corrected chi connectivity index (χ4v) is 1.16. The summed E-state index contributed by atoms with van der Waals surface area (Å²) in [4.78, 5) is 18.2. The van der Waals surface area contributed by atoms with Crippen LogP contribution in [0.5, 0.6) is 0 Å². The highest BCUT2D eigenvalue weighted by atomic mass is 35.5. The van der Waals surface area contributed by atoms with Gasteiger partial charge in [0.1, 0.15) is 6.33 Å². The molecule has 0 saturated carbocycles. The van der Waals surface area contributed by atoms with Gasteiger partial charge in [-0.15, -0.1) is 0 Å². The molecule has 2 heterocycles. The quantitative estimate of drug-likeness (QED) is 0.721. The van der Waals surface area contributed by atoms with E-state index in [0.29, 0.717) is 0 Å². The second kappa shape index (κ2) is 2.67. The Morgan fingerprint density at radius 1 is 1.54 bits per heavy atom. The van der Waals surface area contributed by atoms with Crippen molar-refractivity contribution in [2.75, 3.05) is 0 Å². The minimum atomic E-state index is -1.16. The molecule has 0 aliphatic carbocycles. The van der Waals surface area contributed by atoms with Crippen LogP contribution in [0.1, 0.15) is 10.5 Å². The SMILES string of the molecule is O=C(O)c1c(Cl)cnc2ncnn12. The maximum absolute atomic E-state index is 10.7. The first-order valence-corrected chi connectivity index (χ1v) is 3.65. The lowest BCUT2D eigenvalue weighted by molar-refractivity contribution is 0.0687. The number of carboxylic acid groups (broad SMARTS) is 1. The predicted molar refractivity (Wildman–Crippen MR) is 42.8 cm³/mol. The molecule has 13 heavy (non-hydrogen) atoms. The lowest BCUT2D eigenvalue weighted by Crippen LogP contribution is -2.08. The lowest BCUT2D eigenvalue weighted by atomic mass is 10.4. The van der Waals surface area contributed by atoms with E-state index in [9.17, 15) is 4.79 Å². The average Bonchev–Trinajstić information content (AvgIpc) is 2.50. The van der Waals surface area contributed by atoms with Gasteiger partial charge < -0.3 is 5.11 Å². The summed E-state index contributed by atoms with van der Waals surface area (Å²) in [5.74, 6) is -0.954. The van der Waals surface area contributed by atoms with Gasteiger partial charge in [0, 0.05) is 0 Å². The van der Waals surface area contributed by atoms with E-state index in [-0.39, 0.29) is 16.5 Å². The number of aromatic nitrogens is 4. The van der Waals surface area contributed by atoms with E-state index in [2.05, 4.69) is 15.1 Å². The van der Waals surface area contributed by atoms with Crippen LogP contribution < -0.4 is 0 Å². The van der Waals surface area contributed by atoms with Gasteiger partial charge in [0.25, 0.3) is 5.78 Å². The molecule has 0 atom stereocenters. The molecule has 66 valence electrons. The van der Waals surface area contributed by atoms with Gasteiger partial charge in [-0.05, 0) is 0 Å². The summed E-state index contributed by atoms with van der Waals surface area (Å²) in [7, 11) is 0. The van der Waals surface area contributed by atoms with Gasteiger partial charge in [-0.2, -0.15) is 14.6 Å². The zero-order valence-corrected chi connectivity index (χ0v) is 6.93. The number of hydrogen-bond acceptors (Lipinski definition) is 4. The average molecular weight is 199 g/mol. The molecule has 0 bridgehead atoms. The summed E-state index contributed by atoms with van der Waals surface area (Å²) >= 11 is 5.62. The van der Waals surface area contributed by atoms with Crippen molar-refractivity contribution in [1.29, 1.82) is 0 Å². The largest absolute Gasteiger partial charge is 0.476 e. The maximum atomic E-state index is 10.7. The molecule has 0 spiro atoms. The second-order valence-electron chi connectivity index (χ2n) is 2.23. The first kappa shape index (κ1) is 7.93. The Morgan fingerprint density at radius 2 is 2.31 bits per heavy atom. The summed E-state index contributed by atoms with van der Waals surface area (Å²) in [6, 6.07) is 0. The van der Waals surface area contributed by atoms with Crippen molar-refractivity contribution in [3.05, 3.63) is 23.2 Å². The highest BCUT2D eigenvalue weighted by Gasteiger charge is 2.15. The van der Waals surface area contributed by atoms with E-state index in [0.717, 1.165) is 4.52 Å². The first-order chi connectivity index (χ1) is 6.20. The third-order valence-electron chi connectivity index (χ3n) is 1.46. The number of aromatic carboxylic acids is 1. The highest BCUT2D eigenvalue weighted by Crippen LogP contribution is 2.13. The van der Waals surface area contributed by atoms with Crippen molar-refractivity contribution < 1.29 is 9.90 Å². The Balaban J connectivity index is 2.88. The van der Waals surface area contributed by atoms with Crippen molar-refractivity contribution in [2.45, 2.75) is 0 Å². The molecule has 1 N–H and O–H groups in total. The number of rotatable bonds is 1. The van der Waals surface area contributed by atoms with Gasteiger partial charge in [-0.3, -0.25) is 0 Å². The molecular formula is C6H3ClN4O2. The van der Waals surface area contributed by atoms with Crippen molar-refractivity contribution in [1.82, 2.24) is 19.6 Å². The van der Waals surface area contributed by atoms with Crippen molar-refractivity contribution in [2.24, 2.45) is 0 Å². The number of carboxylic acids is 1. The van der Waals surface area contributed by atoms with Gasteiger partial charge in [-0.1, -0.05) is 11.6 Å². The van der Waals surface area contributed by atoms with Crippen molar-refractivity contribution in [3.8, 4) is 0 Å². The lowest BCUT2D eigenvalue weighted by Gasteiger charge is -1.98. The van der Waals surface area contributed by atoms with Crippen LogP contribution in [0.15, 0.2) is 12.5 Å². The molecule has 2 aromatic rings. The highest BCUT2D eigenvalue weighted by molar-refractivity contribution is 6.33. The van der Waals surface area contributed by atoms with Crippen molar-refractivity contribution in [3.63, 3.8) is 0 Å². The summed E-state index contributed by atoms with van der Waals surface area (Å²) in [5.41, 5.74) is -0.135. The number of hydrogen-bond donors (Lipinski definition) is 1. The molecule has 0 aliphatic heterocycles. The van der Waals surface area contributed by atoms with Gasteiger partial charge in [0.2, 0.25) is 0 Å². The number of carbonyl (C=O) groups is 1. The normalized spacial score (nSPS) is 10.5. The Hall–Kier alpha value is -1.69. The fourth-order valence-electron chi connectivity index (χ4n) is 0.951. The summed E-state index contributed by atoms with van der Waals surface area (Å²) in [6.07, 6.45) is 2.44. The minimum Gasteiger partial charge on any atom is -0.476 e. The summed E-state index contributed by atoms with van der Waals surface area (Å²) in [6.45, 7) is 0. The molecule has 0 radical (unpaired) electrons. The van der Waals surface area contributed by atoms with Gasteiger partial charge >= 0.3 is 5.97 Å². The van der Waals surface area contributed by atoms with Crippen LogP contribution in [0.25, 0.3) is 5.78 Å². The van der Waals surface area contributed by atoms with E-state index in [1.165, 1.54) is 12.5 Å². The molecule has 6 nitrogen and oxygen atoms in total. The fraction of sp³-hybridized carbons (Fsp3) is 0. The van der Waals surface area contributed by atoms with E-state index in [1.54, 1.807) is 0 Å². The second-order valence-corrected chi connectivity index (χ2v) is 2.64. The predicted octanol–water partition coefficient (Wildman–Crippen LogP) is 0.476. The molecule has 0 fully saturated rings. The maximum Gasteiger partial charge on any atom is 0.356 e. The zero-order valence-electron chi connectivity index (χ0n) is 6.18. The Labute approximate surface area is 76.8 Å². The third-order valence-corrected chi connectivity index (χ3v) is 1.74. The van der Waals surface area contributed by atoms with E-state index < -0.39 is 5.97 Å². The Morgan fingerprint density at radius 3 is 3.00 bits per heavy atom. The van der Waals surface area contributed by atoms with Crippen LogP contribution in [0, 0.1) is 0 Å². The standard InChI is InChI=1S/C6H3ClN4O2/c7-3-1-8-6-9-2-10-11(6)4(3)5(12)13/h1-2H,(H,12,13). The Bertz CT molecular complexity index is 480. The Kier molecular flexibility index (Phi) is 1.63. The minimum absolute atomic E-state index is 0.0329. The van der Waals surface area contributed by atoms with Gasteiger partial charge in [0.15, 0.2) is 5.69 Å². The van der Waals surface area contributed by atoms with Crippen molar-refractivity contribution >= 4 is 23.3 Å². The monoisotopic (exact) mass is 198 g/mol.